The molecule has 0 heterocycles. The Morgan fingerprint density at radius 3 is 2.39 bits per heavy atom. The minimum Gasteiger partial charge on any atom is -0.495 e. The van der Waals surface area contributed by atoms with Crippen molar-refractivity contribution in [2.24, 2.45) is 0 Å². The van der Waals surface area contributed by atoms with Gasteiger partial charge in [-0.2, -0.15) is 0 Å². The largest absolute Gasteiger partial charge is 0.495 e. The molecule has 0 atom stereocenters. The van der Waals surface area contributed by atoms with Crippen LogP contribution >= 0.6 is 0 Å². The molecule has 0 aliphatic heterocycles. The van der Waals surface area contributed by atoms with Crippen molar-refractivity contribution in [3.8, 4) is 11.5 Å². The average Bonchev–Trinajstić information content (AvgIpc) is 2.59. The summed E-state index contributed by atoms with van der Waals surface area (Å²) in [5, 5.41) is 0. The van der Waals surface area contributed by atoms with Gasteiger partial charge in [0, 0.05) is 6.54 Å². The van der Waals surface area contributed by atoms with E-state index in [0.29, 0.717) is 12.4 Å². The number of hydrogen-bond donors (Lipinski definition) is 1. The Bertz CT molecular complexity index is 727. The molecule has 0 aromatic heterocycles. The van der Waals surface area contributed by atoms with Crippen molar-refractivity contribution < 1.29 is 17.9 Å². The molecule has 0 unspecified atom stereocenters. The first-order chi connectivity index (χ1) is 11.1. The molecule has 23 heavy (non-hydrogen) atoms. The Hall–Kier alpha value is -2.05. The van der Waals surface area contributed by atoms with Crippen LogP contribution in [0.2, 0.25) is 0 Å². The van der Waals surface area contributed by atoms with E-state index in [9.17, 15) is 8.42 Å². The first-order valence-corrected chi connectivity index (χ1v) is 8.89. The van der Waals surface area contributed by atoms with Gasteiger partial charge in [-0.3, -0.25) is 0 Å². The molecule has 0 fully saturated rings. The predicted molar refractivity (Wildman–Crippen MR) is 89.2 cm³/mol. The molecule has 1 N–H and O–H groups in total. The summed E-state index contributed by atoms with van der Waals surface area (Å²) in [7, 11) is -2.18. The molecule has 0 bridgehead atoms. The number of rotatable bonds is 8. The van der Waals surface area contributed by atoms with Gasteiger partial charge in [0.1, 0.15) is 16.4 Å². The Morgan fingerprint density at radius 2 is 1.74 bits per heavy atom. The van der Waals surface area contributed by atoms with E-state index in [-0.39, 0.29) is 11.4 Å². The monoisotopic (exact) mass is 335 g/mol. The summed E-state index contributed by atoms with van der Waals surface area (Å²) in [6.45, 7) is 2.91. The van der Waals surface area contributed by atoms with Crippen molar-refractivity contribution in [1.82, 2.24) is 4.72 Å². The van der Waals surface area contributed by atoms with Crippen LogP contribution in [0.15, 0.2) is 53.4 Å². The number of para-hydroxylation sites is 1. The van der Waals surface area contributed by atoms with E-state index in [0.717, 1.165) is 17.7 Å². The predicted octanol–water partition coefficient (Wildman–Crippen LogP) is 2.96. The van der Waals surface area contributed by atoms with Crippen LogP contribution < -0.4 is 14.2 Å². The van der Waals surface area contributed by atoms with Gasteiger partial charge in [-0.25, -0.2) is 13.1 Å². The van der Waals surface area contributed by atoms with E-state index < -0.39 is 10.0 Å². The summed E-state index contributed by atoms with van der Waals surface area (Å²) >= 11 is 0. The van der Waals surface area contributed by atoms with E-state index in [1.54, 1.807) is 18.2 Å². The van der Waals surface area contributed by atoms with Gasteiger partial charge in [0.05, 0.1) is 13.7 Å². The van der Waals surface area contributed by atoms with Gasteiger partial charge < -0.3 is 9.47 Å². The van der Waals surface area contributed by atoms with Crippen molar-refractivity contribution in [2.75, 3.05) is 13.7 Å². The van der Waals surface area contributed by atoms with Crippen molar-refractivity contribution >= 4 is 10.0 Å². The first-order valence-electron chi connectivity index (χ1n) is 7.41. The highest BCUT2D eigenvalue weighted by molar-refractivity contribution is 7.89. The normalized spacial score (nSPS) is 11.2. The number of benzene rings is 2. The highest BCUT2D eigenvalue weighted by Gasteiger charge is 2.18. The van der Waals surface area contributed by atoms with Crippen LogP contribution in [0.25, 0.3) is 0 Å². The van der Waals surface area contributed by atoms with E-state index in [1.807, 2.05) is 31.2 Å². The molecule has 124 valence electrons. The third-order valence-electron chi connectivity index (χ3n) is 3.22. The maximum Gasteiger partial charge on any atom is 0.244 e. The molecule has 0 aliphatic carbocycles. The number of hydrogen-bond acceptors (Lipinski definition) is 4. The number of ether oxygens (including phenoxy) is 2. The van der Waals surface area contributed by atoms with Gasteiger partial charge in [-0.15, -0.1) is 0 Å². The third-order valence-corrected chi connectivity index (χ3v) is 4.66. The van der Waals surface area contributed by atoms with Crippen LogP contribution in [0.1, 0.15) is 18.9 Å². The molecule has 0 radical (unpaired) electrons. The molecule has 0 aliphatic rings. The maximum atomic E-state index is 12.4. The fourth-order valence-electron chi connectivity index (χ4n) is 2.02. The lowest BCUT2D eigenvalue weighted by molar-refractivity contribution is 0.317. The molecule has 0 spiro atoms. The molecule has 5 nitrogen and oxygen atoms in total. The zero-order valence-corrected chi connectivity index (χ0v) is 14.1. The van der Waals surface area contributed by atoms with Gasteiger partial charge in [-0.1, -0.05) is 31.2 Å². The van der Waals surface area contributed by atoms with Crippen LogP contribution in [0.5, 0.6) is 11.5 Å². The summed E-state index contributed by atoms with van der Waals surface area (Å²) < 4.78 is 37.9. The molecule has 2 aromatic carbocycles. The molecule has 0 saturated heterocycles. The maximum absolute atomic E-state index is 12.4. The Morgan fingerprint density at radius 1 is 1.04 bits per heavy atom. The molecule has 0 amide bonds. The van der Waals surface area contributed by atoms with Crippen LogP contribution in [0.3, 0.4) is 0 Å². The average molecular weight is 335 g/mol. The standard InChI is InChI=1S/C17H21NO4S/c1-3-12-22-15-10-8-14(9-11-15)13-18-23(19,20)17-7-5-4-6-16(17)21-2/h4-11,18H,3,12-13H2,1-2H3. The molecule has 2 aromatic rings. The van der Waals surface area contributed by atoms with E-state index in [2.05, 4.69) is 4.72 Å². The third kappa shape index (κ3) is 4.71. The van der Waals surface area contributed by atoms with E-state index in [1.165, 1.54) is 13.2 Å². The fraction of sp³-hybridized carbons (Fsp3) is 0.294. The van der Waals surface area contributed by atoms with Crippen molar-refractivity contribution in [3.63, 3.8) is 0 Å². The topological polar surface area (TPSA) is 64.6 Å². The molecular weight excluding hydrogens is 314 g/mol. The van der Waals surface area contributed by atoms with Crippen molar-refractivity contribution in [3.05, 3.63) is 54.1 Å². The summed E-state index contributed by atoms with van der Waals surface area (Å²) in [6.07, 6.45) is 0.945. The lowest BCUT2D eigenvalue weighted by Gasteiger charge is -2.11. The van der Waals surface area contributed by atoms with Crippen LogP contribution in [0.4, 0.5) is 0 Å². The van der Waals surface area contributed by atoms with Crippen LogP contribution in [-0.4, -0.2) is 22.1 Å². The fourth-order valence-corrected chi connectivity index (χ4v) is 3.21. The summed E-state index contributed by atoms with van der Waals surface area (Å²) in [6, 6.07) is 13.9. The van der Waals surface area contributed by atoms with E-state index >= 15 is 0 Å². The van der Waals surface area contributed by atoms with Gasteiger partial charge in [-0.05, 0) is 36.2 Å². The minimum absolute atomic E-state index is 0.130. The Balaban J connectivity index is 2.04. The van der Waals surface area contributed by atoms with Gasteiger partial charge in [0.2, 0.25) is 10.0 Å². The minimum atomic E-state index is -3.63. The van der Waals surface area contributed by atoms with Gasteiger partial charge in [0.15, 0.2) is 0 Å². The number of nitrogens with one attached hydrogen (secondary N) is 1. The zero-order chi connectivity index (χ0) is 16.7. The second-order valence-electron chi connectivity index (χ2n) is 4.97. The highest BCUT2D eigenvalue weighted by Crippen LogP contribution is 2.22. The lowest BCUT2D eigenvalue weighted by Crippen LogP contribution is -2.23. The smallest absolute Gasteiger partial charge is 0.244 e. The SMILES string of the molecule is CCCOc1ccc(CNS(=O)(=O)c2ccccc2OC)cc1. The highest BCUT2D eigenvalue weighted by atomic mass is 32.2. The first kappa shape index (κ1) is 17.3. The molecule has 0 saturated carbocycles. The summed E-state index contributed by atoms with van der Waals surface area (Å²) in [5.74, 6) is 1.10. The Labute approximate surface area is 137 Å². The van der Waals surface area contributed by atoms with Crippen LogP contribution in [0, 0.1) is 0 Å². The number of sulfonamides is 1. The number of methoxy groups -OCH3 is 1. The second-order valence-corrected chi connectivity index (χ2v) is 6.70. The molecular formula is C17H21NO4S. The lowest BCUT2D eigenvalue weighted by atomic mass is 10.2. The quantitative estimate of drug-likeness (QED) is 0.805. The zero-order valence-electron chi connectivity index (χ0n) is 13.3. The van der Waals surface area contributed by atoms with Crippen molar-refractivity contribution in [1.29, 1.82) is 0 Å². The van der Waals surface area contributed by atoms with Gasteiger partial charge >= 0.3 is 0 Å². The van der Waals surface area contributed by atoms with Crippen LogP contribution in [-0.2, 0) is 16.6 Å². The molecule has 6 heteroatoms. The second kappa shape index (κ2) is 7.99. The van der Waals surface area contributed by atoms with Gasteiger partial charge in [0.25, 0.3) is 0 Å². The molecule has 2 rings (SSSR count). The summed E-state index contributed by atoms with van der Waals surface area (Å²) in [4.78, 5) is 0.130. The van der Waals surface area contributed by atoms with E-state index in [4.69, 9.17) is 9.47 Å². The Kier molecular flexibility index (Phi) is 6.01. The summed E-state index contributed by atoms with van der Waals surface area (Å²) in [5.41, 5.74) is 0.854. The van der Waals surface area contributed by atoms with Crippen molar-refractivity contribution in [2.45, 2.75) is 24.8 Å².